The van der Waals surface area contributed by atoms with Crippen molar-refractivity contribution >= 4 is 22.5 Å². The van der Waals surface area contributed by atoms with Gasteiger partial charge in [0.25, 0.3) is 0 Å². The van der Waals surface area contributed by atoms with Crippen LogP contribution in [0.1, 0.15) is 0 Å². The van der Waals surface area contributed by atoms with Gasteiger partial charge in [0, 0.05) is 0 Å². The van der Waals surface area contributed by atoms with Crippen LogP contribution in [0.15, 0.2) is 0 Å². The number of hydrogen-bond acceptors (Lipinski definition) is 3. The van der Waals surface area contributed by atoms with Gasteiger partial charge in [-0.3, -0.25) is 0 Å². The van der Waals surface area contributed by atoms with Crippen LogP contribution in [0, 0.1) is 0 Å². The van der Waals surface area contributed by atoms with Gasteiger partial charge in [-0.2, -0.15) is 0 Å². The quantitative estimate of drug-likeness (QED) is 0.483. The molecule has 0 aliphatic rings. The number of hydrogen-bond donors (Lipinski definition) is 0. The Morgan fingerprint density at radius 3 is 0.800 bits per heavy atom. The predicted octanol–water partition coefficient (Wildman–Crippen LogP) is -0.327. The minimum atomic E-state index is 0. The van der Waals surface area contributed by atoms with Crippen LogP contribution in [0.3, 0.4) is 0 Å². The van der Waals surface area contributed by atoms with E-state index >= 15 is 0 Å². The van der Waals surface area contributed by atoms with Gasteiger partial charge in [-0.1, -0.05) is 0 Å². The van der Waals surface area contributed by atoms with Gasteiger partial charge in [0.05, 0.1) is 0 Å². The molecule has 0 bridgehead atoms. The van der Waals surface area contributed by atoms with E-state index in [2.05, 4.69) is 4.94 Å². The van der Waals surface area contributed by atoms with E-state index in [4.69, 9.17) is 0 Å². The first-order valence-electron chi connectivity index (χ1n) is 0.500. The standard InChI is InChI=1S/CH3.3H2O.Sn/h1H3;3*1H2;/q;;;;+3/p-3. The fourth-order valence-electron chi connectivity index (χ4n) is 0. The summed E-state index contributed by atoms with van der Waals surface area (Å²) in [7, 11) is 0. The van der Waals surface area contributed by atoms with E-state index in [0.29, 0.717) is 0 Å². The average molecular weight is 185 g/mol. The zero-order chi connectivity index (χ0) is 2.00. The van der Waals surface area contributed by atoms with Crippen LogP contribution in [0.2, 0.25) is 4.94 Å². The minimum Gasteiger partial charge on any atom is -0.870 e. The molecule has 0 unspecified atom stereocenters. The molecule has 0 saturated heterocycles. The molecule has 0 fully saturated rings. The molecule has 0 spiro atoms. The summed E-state index contributed by atoms with van der Waals surface area (Å²) in [6.45, 7) is 0. The summed E-state index contributed by atoms with van der Waals surface area (Å²) >= 11 is 1.55. The number of rotatable bonds is 0. The van der Waals surface area contributed by atoms with Crippen LogP contribution < -0.4 is 0 Å². The summed E-state index contributed by atoms with van der Waals surface area (Å²) < 4.78 is 0. The van der Waals surface area contributed by atoms with E-state index < -0.39 is 0 Å². The van der Waals surface area contributed by atoms with Gasteiger partial charge >= 0.3 is 27.5 Å². The van der Waals surface area contributed by atoms with Crippen LogP contribution in [0.5, 0.6) is 0 Å². The molecule has 0 aromatic carbocycles. The van der Waals surface area contributed by atoms with Crippen molar-refractivity contribution in [2.45, 2.75) is 4.94 Å². The van der Waals surface area contributed by atoms with E-state index in [1.54, 1.807) is 22.5 Å². The molecule has 32 valence electrons. The maximum absolute atomic E-state index is 2.09. The molecule has 0 aromatic heterocycles. The van der Waals surface area contributed by atoms with Crippen LogP contribution in [0.4, 0.5) is 0 Å². The maximum atomic E-state index is 2.09. The van der Waals surface area contributed by atoms with Crippen LogP contribution in [-0.2, 0) is 0 Å². The van der Waals surface area contributed by atoms with E-state index in [9.17, 15) is 0 Å². The molecule has 3 nitrogen and oxygen atoms in total. The van der Waals surface area contributed by atoms with Crippen molar-refractivity contribution in [3.8, 4) is 0 Å². The molecule has 0 radical (unpaired) electrons. The molecule has 0 atom stereocenters. The van der Waals surface area contributed by atoms with E-state index in [1.165, 1.54) is 0 Å². The summed E-state index contributed by atoms with van der Waals surface area (Å²) in [5.41, 5.74) is 0. The zero-order valence-electron chi connectivity index (χ0n) is 2.84. The van der Waals surface area contributed by atoms with E-state index in [1.807, 2.05) is 0 Å². The summed E-state index contributed by atoms with van der Waals surface area (Å²) in [5, 5.41) is 0. The third-order valence-electron chi connectivity index (χ3n) is 0. The van der Waals surface area contributed by atoms with Crippen molar-refractivity contribution in [2.75, 3.05) is 0 Å². The molecule has 0 aliphatic heterocycles. The van der Waals surface area contributed by atoms with E-state index in [0.717, 1.165) is 0 Å². The molecule has 0 aromatic rings. The summed E-state index contributed by atoms with van der Waals surface area (Å²) in [6, 6.07) is 0. The first kappa shape index (κ1) is 44.1. The predicted molar refractivity (Wildman–Crippen MR) is 17.4 cm³/mol. The molecule has 4 heteroatoms. The van der Waals surface area contributed by atoms with Crippen molar-refractivity contribution in [2.24, 2.45) is 0 Å². The Balaban J connectivity index is -0.00000000167. The molecule has 0 saturated carbocycles. The summed E-state index contributed by atoms with van der Waals surface area (Å²) in [5.74, 6) is 0. The Labute approximate surface area is 44.4 Å². The largest absolute Gasteiger partial charge is 0.870 e. The third-order valence-corrected chi connectivity index (χ3v) is 0. The fraction of sp³-hybridized carbons (Fsp3) is 1.00. The molecule has 0 rings (SSSR count). The Morgan fingerprint density at radius 2 is 0.800 bits per heavy atom. The van der Waals surface area contributed by atoms with Crippen molar-refractivity contribution < 1.29 is 16.4 Å². The topological polar surface area (TPSA) is 90.0 Å². The van der Waals surface area contributed by atoms with Gasteiger partial charge < -0.3 is 16.4 Å². The van der Waals surface area contributed by atoms with Gasteiger partial charge in [-0.25, -0.2) is 0 Å². The second-order valence-corrected chi connectivity index (χ2v) is 0. The first-order valence-corrected chi connectivity index (χ1v) is 3.35. The fourth-order valence-corrected chi connectivity index (χ4v) is 0. The second kappa shape index (κ2) is 137. The van der Waals surface area contributed by atoms with Crippen molar-refractivity contribution in [1.82, 2.24) is 0 Å². The second-order valence-electron chi connectivity index (χ2n) is 0. The Morgan fingerprint density at radius 1 is 0.800 bits per heavy atom. The monoisotopic (exact) mass is 186 g/mol. The van der Waals surface area contributed by atoms with Crippen LogP contribution in [0.25, 0.3) is 0 Å². The Bertz CT molecular complexity index is 6.85. The molecule has 0 amide bonds. The first-order chi connectivity index (χ1) is 1.00. The molecule has 5 heavy (non-hydrogen) atoms. The minimum absolute atomic E-state index is 0. The Hall–Kier alpha value is 0.679. The summed E-state index contributed by atoms with van der Waals surface area (Å²) in [4.78, 5) is 2.09. The zero-order valence-corrected chi connectivity index (χ0v) is 5.70. The van der Waals surface area contributed by atoms with Crippen molar-refractivity contribution in [3.05, 3.63) is 0 Å². The maximum Gasteiger partial charge on any atom is -0.870 e. The molecular weight excluding hydrogens is 179 g/mol. The van der Waals surface area contributed by atoms with Crippen LogP contribution in [-0.4, -0.2) is 39.0 Å². The Kier molecular flexibility index (Phi) is 1210. The average Bonchev–Trinajstić information content (AvgIpc) is 1.00. The normalized spacial score (nSPS) is 1.40. The smallest absolute Gasteiger partial charge is 0.870 e. The van der Waals surface area contributed by atoms with Gasteiger partial charge in [0.2, 0.25) is 0 Å². The van der Waals surface area contributed by atoms with Crippen molar-refractivity contribution in [1.29, 1.82) is 0 Å². The molecule has 0 heterocycles. The van der Waals surface area contributed by atoms with E-state index in [-0.39, 0.29) is 16.4 Å². The third kappa shape index (κ3) is 72.9. The SMILES string of the molecule is [CH3][Sn+3].[OH-].[OH-].[OH-]. The van der Waals surface area contributed by atoms with Gasteiger partial charge in [-0.15, -0.1) is 0 Å². The van der Waals surface area contributed by atoms with Gasteiger partial charge in [-0.05, 0) is 0 Å². The molecule has 3 N–H and O–H groups in total. The van der Waals surface area contributed by atoms with Crippen molar-refractivity contribution in [3.63, 3.8) is 0 Å². The molecular formula is CH6O3Sn. The summed E-state index contributed by atoms with van der Waals surface area (Å²) in [6.07, 6.45) is 0. The molecule has 0 aliphatic carbocycles. The van der Waals surface area contributed by atoms with Gasteiger partial charge in [0.15, 0.2) is 0 Å². The van der Waals surface area contributed by atoms with Crippen LogP contribution >= 0.6 is 0 Å². The van der Waals surface area contributed by atoms with Gasteiger partial charge in [0.1, 0.15) is 0 Å².